The molecule has 0 aromatic heterocycles. The van der Waals surface area contributed by atoms with Crippen LogP contribution in [-0.2, 0) is 0 Å². The van der Waals surface area contributed by atoms with E-state index in [9.17, 15) is 0 Å². The molecule has 0 unspecified atom stereocenters. The maximum Gasteiger partial charge on any atom is 0.0359 e. The summed E-state index contributed by atoms with van der Waals surface area (Å²) in [4.78, 5) is 0. The summed E-state index contributed by atoms with van der Waals surface area (Å²) < 4.78 is 0. The van der Waals surface area contributed by atoms with Crippen molar-refractivity contribution in [3.8, 4) is 0 Å². The smallest absolute Gasteiger partial charge is 0.0359 e. The lowest BCUT2D eigenvalue weighted by atomic mass is 9.98. The van der Waals surface area contributed by atoms with Crippen molar-refractivity contribution in [2.45, 2.75) is 52.6 Å². The SMILES string of the molecule is CC(C)=CC[C@@H](NC(C)(C)C)c1ccccc1. The minimum Gasteiger partial charge on any atom is -0.305 e. The van der Waals surface area contributed by atoms with E-state index in [1.165, 1.54) is 11.1 Å². The number of hydrogen-bond acceptors (Lipinski definition) is 1. The molecule has 1 atom stereocenters. The van der Waals surface area contributed by atoms with E-state index in [0.29, 0.717) is 6.04 Å². The van der Waals surface area contributed by atoms with Gasteiger partial charge in [0.1, 0.15) is 0 Å². The summed E-state index contributed by atoms with van der Waals surface area (Å²) in [6.45, 7) is 10.9. The van der Waals surface area contributed by atoms with Gasteiger partial charge in [0.25, 0.3) is 0 Å². The molecule has 0 aliphatic carbocycles. The van der Waals surface area contributed by atoms with Gasteiger partial charge in [-0.3, -0.25) is 0 Å². The molecule has 94 valence electrons. The average Bonchev–Trinajstić information content (AvgIpc) is 2.24. The Kier molecular flexibility index (Phi) is 4.95. The molecular weight excluding hydrogens is 206 g/mol. The summed E-state index contributed by atoms with van der Waals surface area (Å²) in [6.07, 6.45) is 3.35. The number of nitrogens with one attached hydrogen (secondary N) is 1. The second kappa shape index (κ2) is 6.02. The van der Waals surface area contributed by atoms with Gasteiger partial charge in [0.15, 0.2) is 0 Å². The van der Waals surface area contributed by atoms with Crippen molar-refractivity contribution in [3.63, 3.8) is 0 Å². The minimum atomic E-state index is 0.135. The van der Waals surface area contributed by atoms with E-state index in [-0.39, 0.29) is 5.54 Å². The summed E-state index contributed by atoms with van der Waals surface area (Å²) in [5.41, 5.74) is 2.87. The Balaban J connectivity index is 2.83. The van der Waals surface area contributed by atoms with Crippen molar-refractivity contribution in [1.29, 1.82) is 0 Å². The first-order valence-corrected chi connectivity index (χ1v) is 6.34. The maximum atomic E-state index is 3.68. The highest BCUT2D eigenvalue weighted by atomic mass is 15.0. The molecule has 0 amide bonds. The lowest BCUT2D eigenvalue weighted by Crippen LogP contribution is -2.38. The molecule has 1 rings (SSSR count). The van der Waals surface area contributed by atoms with Crippen LogP contribution in [0.3, 0.4) is 0 Å². The molecule has 0 saturated carbocycles. The fourth-order valence-corrected chi connectivity index (χ4v) is 1.84. The third-order valence-electron chi connectivity index (χ3n) is 2.57. The van der Waals surface area contributed by atoms with E-state index in [0.717, 1.165) is 6.42 Å². The Labute approximate surface area is 106 Å². The molecule has 0 fully saturated rings. The Hall–Kier alpha value is -1.08. The quantitative estimate of drug-likeness (QED) is 0.754. The Bertz CT molecular complexity index is 353. The van der Waals surface area contributed by atoms with E-state index >= 15 is 0 Å². The topological polar surface area (TPSA) is 12.0 Å². The van der Waals surface area contributed by atoms with Gasteiger partial charge in [-0.2, -0.15) is 0 Å². The summed E-state index contributed by atoms with van der Waals surface area (Å²) in [6, 6.07) is 11.1. The summed E-state index contributed by atoms with van der Waals surface area (Å²) >= 11 is 0. The predicted molar refractivity (Wildman–Crippen MR) is 76.1 cm³/mol. The molecule has 1 heteroatoms. The van der Waals surface area contributed by atoms with Gasteiger partial charge in [-0.05, 0) is 46.6 Å². The molecule has 0 saturated heterocycles. The van der Waals surface area contributed by atoms with Crippen molar-refractivity contribution in [1.82, 2.24) is 5.32 Å². The van der Waals surface area contributed by atoms with Gasteiger partial charge >= 0.3 is 0 Å². The van der Waals surface area contributed by atoms with Crippen LogP contribution in [0.2, 0.25) is 0 Å². The number of rotatable bonds is 4. The van der Waals surface area contributed by atoms with Crippen molar-refractivity contribution < 1.29 is 0 Å². The molecule has 17 heavy (non-hydrogen) atoms. The van der Waals surface area contributed by atoms with Crippen LogP contribution < -0.4 is 5.32 Å². The number of hydrogen-bond donors (Lipinski definition) is 1. The molecule has 0 aliphatic rings. The van der Waals surface area contributed by atoms with E-state index < -0.39 is 0 Å². The van der Waals surface area contributed by atoms with Crippen LogP contribution >= 0.6 is 0 Å². The zero-order valence-corrected chi connectivity index (χ0v) is 11.7. The normalized spacial score (nSPS) is 13.2. The summed E-state index contributed by atoms with van der Waals surface area (Å²) in [5, 5.41) is 3.68. The van der Waals surface area contributed by atoms with Crippen LogP contribution in [0.25, 0.3) is 0 Å². The van der Waals surface area contributed by atoms with Crippen molar-refractivity contribution >= 4 is 0 Å². The third-order valence-corrected chi connectivity index (χ3v) is 2.57. The Morgan fingerprint density at radius 2 is 1.76 bits per heavy atom. The highest BCUT2D eigenvalue weighted by Gasteiger charge is 2.17. The van der Waals surface area contributed by atoms with Crippen LogP contribution in [0.15, 0.2) is 42.0 Å². The molecule has 0 radical (unpaired) electrons. The average molecular weight is 231 g/mol. The van der Waals surface area contributed by atoms with Crippen LogP contribution in [0.4, 0.5) is 0 Å². The zero-order valence-electron chi connectivity index (χ0n) is 11.7. The Morgan fingerprint density at radius 1 is 1.18 bits per heavy atom. The molecule has 1 N–H and O–H groups in total. The molecule has 1 aromatic rings. The van der Waals surface area contributed by atoms with Crippen molar-refractivity contribution in [2.24, 2.45) is 0 Å². The van der Waals surface area contributed by atoms with Gasteiger partial charge < -0.3 is 5.32 Å². The summed E-state index contributed by atoms with van der Waals surface area (Å²) in [5.74, 6) is 0. The van der Waals surface area contributed by atoms with Crippen LogP contribution in [0.5, 0.6) is 0 Å². The first-order chi connectivity index (χ1) is 7.88. The maximum absolute atomic E-state index is 3.68. The Morgan fingerprint density at radius 3 is 2.24 bits per heavy atom. The van der Waals surface area contributed by atoms with Gasteiger partial charge in [-0.15, -0.1) is 0 Å². The molecule has 1 nitrogen and oxygen atoms in total. The van der Waals surface area contributed by atoms with E-state index in [1.54, 1.807) is 0 Å². The molecular formula is C16H25N. The number of allylic oxidation sites excluding steroid dienone is 1. The number of benzene rings is 1. The molecule has 0 bridgehead atoms. The van der Waals surface area contributed by atoms with Crippen LogP contribution in [-0.4, -0.2) is 5.54 Å². The van der Waals surface area contributed by atoms with Gasteiger partial charge in [0, 0.05) is 11.6 Å². The van der Waals surface area contributed by atoms with Crippen molar-refractivity contribution in [2.75, 3.05) is 0 Å². The second-order valence-corrected chi connectivity index (χ2v) is 5.87. The summed E-state index contributed by atoms with van der Waals surface area (Å²) in [7, 11) is 0. The third kappa shape index (κ3) is 5.69. The zero-order chi connectivity index (χ0) is 12.9. The molecule has 0 aliphatic heterocycles. The monoisotopic (exact) mass is 231 g/mol. The van der Waals surface area contributed by atoms with Crippen LogP contribution in [0, 0.1) is 0 Å². The highest BCUT2D eigenvalue weighted by molar-refractivity contribution is 5.20. The van der Waals surface area contributed by atoms with Gasteiger partial charge in [0.2, 0.25) is 0 Å². The highest BCUT2D eigenvalue weighted by Crippen LogP contribution is 2.21. The first kappa shape index (κ1) is 14.0. The molecule has 0 spiro atoms. The lowest BCUT2D eigenvalue weighted by Gasteiger charge is -2.28. The van der Waals surface area contributed by atoms with Crippen LogP contribution in [0.1, 0.15) is 52.6 Å². The predicted octanol–water partition coefficient (Wildman–Crippen LogP) is 4.47. The van der Waals surface area contributed by atoms with Gasteiger partial charge in [-0.1, -0.05) is 42.0 Å². The minimum absolute atomic E-state index is 0.135. The fraction of sp³-hybridized carbons (Fsp3) is 0.500. The lowest BCUT2D eigenvalue weighted by molar-refractivity contribution is 0.364. The van der Waals surface area contributed by atoms with Gasteiger partial charge in [0.05, 0.1) is 0 Å². The molecule has 0 heterocycles. The van der Waals surface area contributed by atoms with Crippen molar-refractivity contribution in [3.05, 3.63) is 47.5 Å². The van der Waals surface area contributed by atoms with Gasteiger partial charge in [-0.25, -0.2) is 0 Å². The van der Waals surface area contributed by atoms with E-state index in [2.05, 4.69) is 76.3 Å². The van der Waals surface area contributed by atoms with E-state index in [1.807, 2.05) is 0 Å². The fourth-order valence-electron chi connectivity index (χ4n) is 1.84. The standard InChI is InChI=1S/C16H25N/c1-13(2)11-12-15(17-16(3,4)5)14-9-7-6-8-10-14/h6-11,15,17H,12H2,1-5H3/t15-/m1/s1. The first-order valence-electron chi connectivity index (χ1n) is 6.34. The van der Waals surface area contributed by atoms with E-state index in [4.69, 9.17) is 0 Å². The second-order valence-electron chi connectivity index (χ2n) is 5.87. The largest absolute Gasteiger partial charge is 0.305 e. The molecule has 1 aromatic carbocycles.